The van der Waals surface area contributed by atoms with Gasteiger partial charge in [0.05, 0.1) is 0 Å². The predicted molar refractivity (Wildman–Crippen MR) is 67.8 cm³/mol. The Balaban J connectivity index is 2.31. The van der Waals surface area contributed by atoms with E-state index >= 15 is 0 Å². The molecule has 0 saturated carbocycles. The second-order valence-electron chi connectivity index (χ2n) is 3.28. The molecule has 0 amide bonds. The largest absolute Gasteiger partial charge is 0.327 e. The lowest BCUT2D eigenvalue weighted by Gasteiger charge is -1.99. The second kappa shape index (κ2) is 4.91. The zero-order chi connectivity index (χ0) is 10.5. The van der Waals surface area contributed by atoms with Crippen LogP contribution in [0.5, 0.6) is 0 Å². The van der Waals surface area contributed by atoms with Crippen LogP contribution in [0.15, 0.2) is 47.2 Å². The number of hydrogen-bond donors (Lipinski definition) is 1. The predicted octanol–water partition coefficient (Wildman–Crippen LogP) is 3.39. The van der Waals surface area contributed by atoms with Crippen LogP contribution in [0.2, 0.25) is 0 Å². The molecule has 76 valence electrons. The summed E-state index contributed by atoms with van der Waals surface area (Å²) in [5.74, 6) is 0. The smallest absolute Gasteiger partial charge is 0.0110 e. The van der Waals surface area contributed by atoms with Gasteiger partial charge in [-0.15, -0.1) is 0 Å². The van der Waals surface area contributed by atoms with Crippen molar-refractivity contribution in [1.82, 2.24) is 0 Å². The Kier molecular flexibility index (Phi) is 3.33. The van der Waals surface area contributed by atoms with Crippen molar-refractivity contribution in [3.63, 3.8) is 0 Å². The van der Waals surface area contributed by atoms with Gasteiger partial charge in [-0.1, -0.05) is 30.4 Å². The van der Waals surface area contributed by atoms with E-state index in [1.807, 2.05) is 6.08 Å². The maximum Gasteiger partial charge on any atom is 0.0110 e. The van der Waals surface area contributed by atoms with E-state index in [1.54, 1.807) is 11.3 Å². The zero-order valence-corrected chi connectivity index (χ0v) is 9.21. The highest BCUT2D eigenvalue weighted by Crippen LogP contribution is 2.23. The van der Waals surface area contributed by atoms with E-state index in [0.717, 1.165) is 0 Å². The van der Waals surface area contributed by atoms with Crippen molar-refractivity contribution in [2.24, 2.45) is 5.73 Å². The van der Waals surface area contributed by atoms with Crippen LogP contribution >= 0.6 is 11.3 Å². The summed E-state index contributed by atoms with van der Waals surface area (Å²) in [7, 11) is 0. The van der Waals surface area contributed by atoms with E-state index in [1.165, 1.54) is 16.7 Å². The van der Waals surface area contributed by atoms with Crippen LogP contribution in [0.1, 0.15) is 5.56 Å². The Morgan fingerprint density at radius 1 is 1.20 bits per heavy atom. The van der Waals surface area contributed by atoms with Gasteiger partial charge >= 0.3 is 0 Å². The fourth-order valence-corrected chi connectivity index (χ4v) is 2.12. The van der Waals surface area contributed by atoms with Crippen LogP contribution in [-0.4, -0.2) is 6.54 Å². The van der Waals surface area contributed by atoms with Gasteiger partial charge in [0.25, 0.3) is 0 Å². The molecule has 1 nitrogen and oxygen atoms in total. The highest BCUT2D eigenvalue weighted by atomic mass is 32.1. The molecule has 1 heterocycles. The molecule has 2 aromatic rings. The molecule has 15 heavy (non-hydrogen) atoms. The quantitative estimate of drug-likeness (QED) is 0.834. The van der Waals surface area contributed by atoms with Crippen molar-refractivity contribution in [2.45, 2.75) is 0 Å². The molecule has 1 aromatic heterocycles. The van der Waals surface area contributed by atoms with E-state index in [-0.39, 0.29) is 0 Å². The monoisotopic (exact) mass is 215 g/mol. The van der Waals surface area contributed by atoms with Gasteiger partial charge in [0.15, 0.2) is 0 Å². The number of hydrogen-bond acceptors (Lipinski definition) is 2. The Hall–Kier alpha value is -1.38. The molecule has 1 aromatic carbocycles. The summed E-state index contributed by atoms with van der Waals surface area (Å²) in [6.45, 7) is 0.586. The molecular weight excluding hydrogens is 202 g/mol. The third-order valence-corrected chi connectivity index (χ3v) is 2.87. The minimum atomic E-state index is 0.586. The summed E-state index contributed by atoms with van der Waals surface area (Å²) >= 11 is 1.72. The molecule has 0 radical (unpaired) electrons. The average molecular weight is 215 g/mol. The Morgan fingerprint density at radius 3 is 2.87 bits per heavy atom. The number of nitrogens with two attached hydrogens (primary N) is 1. The van der Waals surface area contributed by atoms with E-state index in [2.05, 4.69) is 47.2 Å². The molecule has 0 aliphatic rings. The van der Waals surface area contributed by atoms with Crippen LogP contribution in [0.4, 0.5) is 0 Å². The standard InChI is InChI=1S/C13H13NS/c14-7-2-4-11-3-1-5-12(9-11)13-6-8-15-10-13/h1-6,8-10H,7,14H2. The Bertz CT molecular complexity index is 443. The van der Waals surface area contributed by atoms with Crippen molar-refractivity contribution in [2.75, 3.05) is 6.54 Å². The van der Waals surface area contributed by atoms with E-state index < -0.39 is 0 Å². The molecule has 2 heteroatoms. The van der Waals surface area contributed by atoms with Gasteiger partial charge in [-0.25, -0.2) is 0 Å². The molecule has 0 atom stereocenters. The molecule has 0 aliphatic carbocycles. The average Bonchev–Trinajstić information content (AvgIpc) is 2.80. The lowest BCUT2D eigenvalue weighted by molar-refractivity contribution is 1.26. The van der Waals surface area contributed by atoms with Crippen molar-refractivity contribution in [3.8, 4) is 11.1 Å². The van der Waals surface area contributed by atoms with E-state index in [0.29, 0.717) is 6.54 Å². The van der Waals surface area contributed by atoms with Gasteiger partial charge < -0.3 is 5.73 Å². The Morgan fingerprint density at radius 2 is 2.13 bits per heavy atom. The van der Waals surface area contributed by atoms with Crippen molar-refractivity contribution < 1.29 is 0 Å². The summed E-state index contributed by atoms with van der Waals surface area (Å²) in [6, 6.07) is 10.6. The van der Waals surface area contributed by atoms with Crippen LogP contribution in [0, 0.1) is 0 Å². The third kappa shape index (κ3) is 2.55. The van der Waals surface area contributed by atoms with Gasteiger partial charge in [-0.3, -0.25) is 0 Å². The maximum absolute atomic E-state index is 5.42. The molecule has 0 unspecified atom stereocenters. The lowest BCUT2D eigenvalue weighted by atomic mass is 10.1. The first-order valence-corrected chi connectivity index (χ1v) is 5.83. The summed E-state index contributed by atoms with van der Waals surface area (Å²) < 4.78 is 0. The van der Waals surface area contributed by atoms with E-state index in [9.17, 15) is 0 Å². The molecule has 0 fully saturated rings. The first-order chi connectivity index (χ1) is 7.40. The molecule has 0 bridgehead atoms. The normalized spacial score (nSPS) is 11.0. The maximum atomic E-state index is 5.42. The minimum absolute atomic E-state index is 0.586. The molecular formula is C13H13NS. The molecule has 2 rings (SSSR count). The van der Waals surface area contributed by atoms with Crippen LogP contribution in [-0.2, 0) is 0 Å². The zero-order valence-electron chi connectivity index (χ0n) is 8.39. The highest BCUT2D eigenvalue weighted by Gasteiger charge is 1.97. The van der Waals surface area contributed by atoms with Crippen molar-refractivity contribution in [3.05, 3.63) is 52.7 Å². The van der Waals surface area contributed by atoms with Crippen molar-refractivity contribution in [1.29, 1.82) is 0 Å². The number of thiophene rings is 1. The van der Waals surface area contributed by atoms with Crippen LogP contribution in [0.25, 0.3) is 17.2 Å². The fourth-order valence-electron chi connectivity index (χ4n) is 1.45. The highest BCUT2D eigenvalue weighted by molar-refractivity contribution is 7.08. The SMILES string of the molecule is NCC=Cc1cccc(-c2ccsc2)c1. The first-order valence-electron chi connectivity index (χ1n) is 4.89. The first kappa shape index (κ1) is 10.1. The second-order valence-corrected chi connectivity index (χ2v) is 4.06. The Labute approximate surface area is 93.9 Å². The van der Waals surface area contributed by atoms with Gasteiger partial charge in [-0.05, 0) is 39.6 Å². The number of rotatable bonds is 3. The summed E-state index contributed by atoms with van der Waals surface area (Å²) in [4.78, 5) is 0. The molecule has 0 aliphatic heterocycles. The topological polar surface area (TPSA) is 26.0 Å². The molecule has 2 N–H and O–H groups in total. The molecule has 0 saturated heterocycles. The minimum Gasteiger partial charge on any atom is -0.327 e. The van der Waals surface area contributed by atoms with E-state index in [4.69, 9.17) is 5.73 Å². The van der Waals surface area contributed by atoms with Crippen molar-refractivity contribution >= 4 is 17.4 Å². The molecule has 0 spiro atoms. The fraction of sp³-hybridized carbons (Fsp3) is 0.0769. The summed E-state index contributed by atoms with van der Waals surface area (Å²) in [6.07, 6.45) is 4.02. The van der Waals surface area contributed by atoms with Gasteiger partial charge in [-0.2, -0.15) is 11.3 Å². The van der Waals surface area contributed by atoms with Crippen LogP contribution in [0.3, 0.4) is 0 Å². The summed E-state index contributed by atoms with van der Waals surface area (Å²) in [5.41, 5.74) is 9.16. The lowest BCUT2D eigenvalue weighted by Crippen LogP contribution is -1.91. The van der Waals surface area contributed by atoms with Gasteiger partial charge in [0.1, 0.15) is 0 Å². The van der Waals surface area contributed by atoms with Crippen LogP contribution < -0.4 is 5.73 Å². The van der Waals surface area contributed by atoms with Gasteiger partial charge in [0, 0.05) is 6.54 Å². The van der Waals surface area contributed by atoms with Gasteiger partial charge in [0.2, 0.25) is 0 Å². The summed E-state index contributed by atoms with van der Waals surface area (Å²) in [5, 5.41) is 4.25. The number of benzene rings is 1. The third-order valence-electron chi connectivity index (χ3n) is 2.19.